The number of hydrogen-bond donors (Lipinski definition) is 1. The monoisotopic (exact) mass is 336 g/mol. The Morgan fingerprint density at radius 3 is 2.59 bits per heavy atom. The molecule has 0 saturated carbocycles. The fourth-order valence-electron chi connectivity index (χ4n) is 2.82. The Kier molecular flexibility index (Phi) is 5.25. The minimum atomic E-state index is 0.0114. The Bertz CT molecular complexity index is 577. The van der Waals surface area contributed by atoms with E-state index < -0.39 is 0 Å². The maximum absolute atomic E-state index is 12.3. The summed E-state index contributed by atoms with van der Waals surface area (Å²) in [6.45, 7) is 5.41. The molecule has 2 aromatic rings. The molecule has 0 aliphatic carbocycles. The van der Waals surface area contributed by atoms with Gasteiger partial charge >= 0.3 is 0 Å². The first-order valence-electron chi connectivity index (χ1n) is 7.45. The molecule has 2 atom stereocenters. The van der Waals surface area contributed by atoms with E-state index in [-0.39, 0.29) is 18.0 Å². The van der Waals surface area contributed by atoms with Gasteiger partial charge in [0.05, 0.1) is 24.1 Å². The molecule has 22 heavy (non-hydrogen) atoms. The molecule has 6 heteroatoms. The first kappa shape index (κ1) is 15.7. The van der Waals surface area contributed by atoms with E-state index in [2.05, 4.69) is 34.7 Å². The highest BCUT2D eigenvalue weighted by molar-refractivity contribution is 7.12. The number of carbonyl (C=O) groups excluding carboxylic acids is 1. The standard InChI is InChI=1S/C16H20N2O2S2/c1-12(17-16(19)14-5-3-11-22-14)15(13-4-2-10-21-13)18-6-8-20-9-7-18/h2-5,10-12,15H,6-9H2,1H3,(H,17,19)/t12-,15+/m1/s1. The zero-order chi connectivity index (χ0) is 15.4. The van der Waals surface area contributed by atoms with Crippen molar-refractivity contribution >= 4 is 28.6 Å². The predicted molar refractivity (Wildman–Crippen MR) is 90.7 cm³/mol. The average molecular weight is 336 g/mol. The smallest absolute Gasteiger partial charge is 0.261 e. The van der Waals surface area contributed by atoms with E-state index in [1.165, 1.54) is 16.2 Å². The van der Waals surface area contributed by atoms with E-state index in [0.717, 1.165) is 31.2 Å². The van der Waals surface area contributed by atoms with Gasteiger partial charge in [0.2, 0.25) is 0 Å². The van der Waals surface area contributed by atoms with Gasteiger partial charge in [-0.15, -0.1) is 22.7 Å². The van der Waals surface area contributed by atoms with Gasteiger partial charge in [-0.3, -0.25) is 9.69 Å². The molecule has 4 nitrogen and oxygen atoms in total. The fourth-order valence-corrected chi connectivity index (χ4v) is 4.41. The molecule has 3 rings (SSSR count). The maximum Gasteiger partial charge on any atom is 0.261 e. The number of rotatable bonds is 5. The fraction of sp³-hybridized carbons (Fsp3) is 0.438. The largest absolute Gasteiger partial charge is 0.379 e. The van der Waals surface area contributed by atoms with Gasteiger partial charge in [0.1, 0.15) is 0 Å². The van der Waals surface area contributed by atoms with Gasteiger partial charge in [-0.05, 0) is 29.8 Å². The van der Waals surface area contributed by atoms with Crippen molar-refractivity contribution < 1.29 is 9.53 Å². The summed E-state index contributed by atoms with van der Waals surface area (Å²) in [5.74, 6) is 0.0114. The summed E-state index contributed by atoms with van der Waals surface area (Å²) in [4.78, 5) is 16.8. The lowest BCUT2D eigenvalue weighted by Gasteiger charge is -2.37. The number of morpholine rings is 1. The molecule has 2 aromatic heterocycles. The summed E-state index contributed by atoms with van der Waals surface area (Å²) >= 11 is 3.22. The van der Waals surface area contributed by atoms with E-state index in [1.54, 1.807) is 11.3 Å². The third-order valence-corrected chi connectivity index (χ3v) is 5.66. The highest BCUT2D eigenvalue weighted by Crippen LogP contribution is 2.29. The van der Waals surface area contributed by atoms with Crippen LogP contribution < -0.4 is 5.32 Å². The number of nitrogens with one attached hydrogen (secondary N) is 1. The average Bonchev–Trinajstić information content (AvgIpc) is 3.22. The van der Waals surface area contributed by atoms with Gasteiger partial charge < -0.3 is 10.1 Å². The summed E-state index contributed by atoms with van der Waals surface area (Å²) in [5, 5.41) is 7.19. The minimum Gasteiger partial charge on any atom is -0.379 e. The van der Waals surface area contributed by atoms with E-state index in [4.69, 9.17) is 4.74 Å². The molecule has 0 aromatic carbocycles. The normalized spacial score (nSPS) is 18.8. The maximum atomic E-state index is 12.3. The molecule has 1 saturated heterocycles. The van der Waals surface area contributed by atoms with E-state index in [1.807, 2.05) is 17.5 Å². The Morgan fingerprint density at radius 1 is 1.23 bits per heavy atom. The highest BCUT2D eigenvalue weighted by atomic mass is 32.1. The van der Waals surface area contributed by atoms with Gasteiger partial charge in [0.25, 0.3) is 5.91 Å². The molecule has 3 heterocycles. The molecule has 1 aliphatic rings. The Labute approximate surface area is 138 Å². The number of carbonyl (C=O) groups is 1. The van der Waals surface area contributed by atoms with Crippen LogP contribution in [0.25, 0.3) is 0 Å². The lowest BCUT2D eigenvalue weighted by atomic mass is 10.1. The van der Waals surface area contributed by atoms with E-state index >= 15 is 0 Å². The SMILES string of the molecule is C[C@@H](NC(=O)c1cccs1)[C@@H](c1cccs1)N1CCOCC1. The highest BCUT2D eigenvalue weighted by Gasteiger charge is 2.29. The van der Waals surface area contributed by atoms with Crippen LogP contribution in [0, 0.1) is 0 Å². The van der Waals surface area contributed by atoms with E-state index in [0.29, 0.717) is 0 Å². The van der Waals surface area contributed by atoms with Gasteiger partial charge in [-0.1, -0.05) is 12.1 Å². The second-order valence-corrected chi connectivity index (χ2v) is 7.28. The third kappa shape index (κ3) is 3.57. The summed E-state index contributed by atoms with van der Waals surface area (Å²) in [7, 11) is 0. The van der Waals surface area contributed by atoms with Gasteiger partial charge in [0.15, 0.2) is 0 Å². The quantitative estimate of drug-likeness (QED) is 0.913. The number of nitrogens with zero attached hydrogens (tertiary/aromatic N) is 1. The van der Waals surface area contributed by atoms with Crippen LogP contribution in [0.3, 0.4) is 0 Å². The Morgan fingerprint density at radius 2 is 1.95 bits per heavy atom. The summed E-state index contributed by atoms with van der Waals surface area (Å²) in [5.41, 5.74) is 0. The van der Waals surface area contributed by atoms with Gasteiger partial charge in [0, 0.05) is 24.0 Å². The van der Waals surface area contributed by atoms with Crippen LogP contribution in [-0.2, 0) is 4.74 Å². The van der Waals surface area contributed by atoms with Crippen LogP contribution in [0.5, 0.6) is 0 Å². The number of ether oxygens (including phenoxy) is 1. The minimum absolute atomic E-state index is 0.0114. The molecule has 0 spiro atoms. The molecule has 0 unspecified atom stereocenters. The Balaban J connectivity index is 1.74. The molecule has 0 bridgehead atoms. The summed E-state index contributed by atoms with van der Waals surface area (Å²) < 4.78 is 5.46. The Hall–Kier alpha value is -1.21. The topological polar surface area (TPSA) is 41.6 Å². The van der Waals surface area contributed by atoms with Crippen molar-refractivity contribution in [1.82, 2.24) is 10.2 Å². The third-order valence-electron chi connectivity index (χ3n) is 3.85. The van der Waals surface area contributed by atoms with Crippen LogP contribution in [0.4, 0.5) is 0 Å². The molecular formula is C16H20N2O2S2. The molecule has 1 aliphatic heterocycles. The summed E-state index contributed by atoms with van der Waals surface area (Å²) in [6.07, 6.45) is 0. The lowest BCUT2D eigenvalue weighted by molar-refractivity contribution is 0.00971. The molecule has 118 valence electrons. The lowest BCUT2D eigenvalue weighted by Crippen LogP contribution is -2.48. The van der Waals surface area contributed by atoms with Crippen LogP contribution in [0.1, 0.15) is 27.5 Å². The second kappa shape index (κ2) is 7.37. The summed E-state index contributed by atoms with van der Waals surface area (Å²) in [6, 6.07) is 8.24. The van der Waals surface area contributed by atoms with E-state index in [9.17, 15) is 4.79 Å². The first-order chi connectivity index (χ1) is 10.8. The zero-order valence-corrected chi connectivity index (χ0v) is 14.2. The van der Waals surface area contributed by atoms with Crippen molar-refractivity contribution in [1.29, 1.82) is 0 Å². The molecule has 1 amide bonds. The zero-order valence-electron chi connectivity index (χ0n) is 12.5. The second-order valence-electron chi connectivity index (χ2n) is 5.35. The number of amides is 1. The van der Waals surface area contributed by atoms with Crippen molar-refractivity contribution in [3.63, 3.8) is 0 Å². The van der Waals surface area contributed by atoms with Crippen molar-refractivity contribution in [3.05, 3.63) is 44.8 Å². The van der Waals surface area contributed by atoms with Gasteiger partial charge in [-0.25, -0.2) is 0 Å². The van der Waals surface area contributed by atoms with Crippen molar-refractivity contribution in [2.24, 2.45) is 0 Å². The molecule has 0 radical (unpaired) electrons. The van der Waals surface area contributed by atoms with Crippen LogP contribution in [0.15, 0.2) is 35.0 Å². The number of thiophene rings is 2. The van der Waals surface area contributed by atoms with Crippen molar-refractivity contribution in [2.75, 3.05) is 26.3 Å². The number of hydrogen-bond acceptors (Lipinski definition) is 5. The van der Waals surface area contributed by atoms with Crippen molar-refractivity contribution in [2.45, 2.75) is 19.0 Å². The van der Waals surface area contributed by atoms with Crippen LogP contribution >= 0.6 is 22.7 Å². The van der Waals surface area contributed by atoms with Crippen LogP contribution in [0.2, 0.25) is 0 Å². The van der Waals surface area contributed by atoms with Crippen molar-refractivity contribution in [3.8, 4) is 0 Å². The van der Waals surface area contributed by atoms with Crippen LogP contribution in [-0.4, -0.2) is 43.2 Å². The molecule has 1 N–H and O–H groups in total. The first-order valence-corrected chi connectivity index (χ1v) is 9.21. The van der Waals surface area contributed by atoms with Gasteiger partial charge in [-0.2, -0.15) is 0 Å². The molecular weight excluding hydrogens is 316 g/mol. The molecule has 1 fully saturated rings. The predicted octanol–water partition coefficient (Wildman–Crippen LogP) is 3.00.